The van der Waals surface area contributed by atoms with Crippen LogP contribution >= 0.6 is 23.4 Å². The molecule has 2 amide bonds. The summed E-state index contributed by atoms with van der Waals surface area (Å²) in [5.74, 6) is 0.743. The van der Waals surface area contributed by atoms with Crippen LogP contribution in [0.4, 0.5) is 5.69 Å². The van der Waals surface area contributed by atoms with Crippen molar-refractivity contribution >= 4 is 40.9 Å². The molecule has 0 radical (unpaired) electrons. The van der Waals surface area contributed by atoms with Crippen LogP contribution < -0.4 is 5.32 Å². The van der Waals surface area contributed by atoms with Crippen molar-refractivity contribution in [1.82, 2.24) is 19.7 Å². The fourth-order valence-corrected chi connectivity index (χ4v) is 5.16. The van der Waals surface area contributed by atoms with Crippen molar-refractivity contribution in [3.8, 4) is 0 Å². The van der Waals surface area contributed by atoms with Gasteiger partial charge in [0.1, 0.15) is 0 Å². The highest BCUT2D eigenvalue weighted by Crippen LogP contribution is 2.34. The summed E-state index contributed by atoms with van der Waals surface area (Å²) in [6.45, 7) is 8.92. The van der Waals surface area contributed by atoms with Crippen LogP contribution in [0.25, 0.3) is 0 Å². The van der Waals surface area contributed by atoms with E-state index in [9.17, 15) is 9.59 Å². The van der Waals surface area contributed by atoms with Gasteiger partial charge in [0.05, 0.1) is 11.8 Å². The number of thioether (sulfide) groups is 1. The Bertz CT molecular complexity index is 1240. The Kier molecular flexibility index (Phi) is 7.93. The van der Waals surface area contributed by atoms with Crippen molar-refractivity contribution in [1.29, 1.82) is 0 Å². The Morgan fingerprint density at radius 2 is 1.97 bits per heavy atom. The number of aromatic nitrogens is 3. The molecule has 9 heteroatoms. The smallest absolute Gasteiger partial charge is 0.254 e. The standard InChI is InChI=1S/C26H28ClN5O2S/c1-4-13-32-24(22-6-5-14-31(22)25(34)19-9-7-17(2)8-10-19)29-30-26(32)35-16-23(33)28-21-12-11-20(27)15-18(21)3/h4,7-12,15,22H,1,5-6,13-14,16H2,2-3H3,(H,28,33). The monoisotopic (exact) mass is 509 g/mol. The number of halogens is 1. The number of hydrogen-bond acceptors (Lipinski definition) is 5. The van der Waals surface area contributed by atoms with Gasteiger partial charge in [-0.2, -0.15) is 0 Å². The third kappa shape index (κ3) is 5.77. The first kappa shape index (κ1) is 25.0. The molecule has 7 nitrogen and oxygen atoms in total. The minimum Gasteiger partial charge on any atom is -0.328 e. The average Bonchev–Trinajstić information content (AvgIpc) is 3.47. The molecule has 1 N–H and O–H groups in total. The molecular formula is C26H28ClN5O2S. The molecule has 1 unspecified atom stereocenters. The summed E-state index contributed by atoms with van der Waals surface area (Å²) >= 11 is 7.31. The minimum absolute atomic E-state index is 0.00688. The lowest BCUT2D eigenvalue weighted by Gasteiger charge is -2.24. The van der Waals surface area contributed by atoms with Gasteiger partial charge < -0.3 is 14.8 Å². The van der Waals surface area contributed by atoms with Gasteiger partial charge in [-0.15, -0.1) is 16.8 Å². The Morgan fingerprint density at radius 3 is 2.69 bits per heavy atom. The molecule has 1 fully saturated rings. The van der Waals surface area contributed by atoms with Gasteiger partial charge >= 0.3 is 0 Å². The van der Waals surface area contributed by atoms with Crippen LogP contribution in [0.1, 0.15) is 46.2 Å². The molecule has 182 valence electrons. The molecule has 2 aromatic carbocycles. The predicted octanol–water partition coefficient (Wildman–Crippen LogP) is 5.44. The van der Waals surface area contributed by atoms with Crippen molar-refractivity contribution in [2.75, 3.05) is 17.6 Å². The normalized spacial score (nSPS) is 15.3. The first-order valence-electron chi connectivity index (χ1n) is 11.5. The Hall–Kier alpha value is -3.10. The lowest BCUT2D eigenvalue weighted by atomic mass is 10.1. The lowest BCUT2D eigenvalue weighted by molar-refractivity contribution is -0.113. The van der Waals surface area contributed by atoms with E-state index < -0.39 is 0 Å². The van der Waals surface area contributed by atoms with Gasteiger partial charge in [0, 0.05) is 29.4 Å². The van der Waals surface area contributed by atoms with E-state index in [4.69, 9.17) is 11.6 Å². The molecule has 3 aromatic rings. The zero-order valence-electron chi connectivity index (χ0n) is 19.8. The first-order chi connectivity index (χ1) is 16.9. The molecule has 1 aliphatic heterocycles. The van der Waals surface area contributed by atoms with E-state index in [1.807, 2.05) is 53.6 Å². The number of aryl methyl sites for hydroxylation is 2. The zero-order chi connectivity index (χ0) is 24.9. The van der Waals surface area contributed by atoms with Crippen molar-refractivity contribution in [2.45, 2.75) is 44.4 Å². The van der Waals surface area contributed by atoms with Crippen LogP contribution in [0.3, 0.4) is 0 Å². The van der Waals surface area contributed by atoms with E-state index in [1.54, 1.807) is 18.2 Å². The molecular weight excluding hydrogens is 482 g/mol. The number of carbonyl (C=O) groups is 2. The SMILES string of the molecule is C=CCn1c(SCC(=O)Nc2ccc(Cl)cc2C)nnc1C1CCCN1C(=O)c1ccc(C)cc1. The number of benzene rings is 2. The maximum atomic E-state index is 13.2. The maximum absolute atomic E-state index is 13.2. The topological polar surface area (TPSA) is 80.1 Å². The van der Waals surface area contributed by atoms with Gasteiger partial charge in [-0.25, -0.2) is 0 Å². The number of amides is 2. The molecule has 0 bridgehead atoms. The predicted molar refractivity (Wildman–Crippen MR) is 140 cm³/mol. The van der Waals surface area contributed by atoms with Gasteiger partial charge in [0.2, 0.25) is 5.91 Å². The van der Waals surface area contributed by atoms with Gasteiger partial charge in [0.25, 0.3) is 5.91 Å². The van der Waals surface area contributed by atoms with E-state index in [1.165, 1.54) is 11.8 Å². The van der Waals surface area contributed by atoms with Crippen molar-refractivity contribution in [2.24, 2.45) is 0 Å². The van der Waals surface area contributed by atoms with E-state index in [0.717, 1.165) is 35.5 Å². The van der Waals surface area contributed by atoms with Crippen molar-refractivity contribution in [3.05, 3.63) is 82.7 Å². The maximum Gasteiger partial charge on any atom is 0.254 e. The summed E-state index contributed by atoms with van der Waals surface area (Å²) in [6.07, 6.45) is 3.48. The largest absolute Gasteiger partial charge is 0.328 e. The highest BCUT2D eigenvalue weighted by atomic mass is 35.5. The lowest BCUT2D eigenvalue weighted by Crippen LogP contribution is -2.32. The third-order valence-electron chi connectivity index (χ3n) is 5.96. The summed E-state index contributed by atoms with van der Waals surface area (Å²) in [7, 11) is 0. The third-order valence-corrected chi connectivity index (χ3v) is 7.16. The number of hydrogen-bond donors (Lipinski definition) is 1. The van der Waals surface area contributed by atoms with Gasteiger partial charge in [-0.3, -0.25) is 9.59 Å². The molecule has 0 aliphatic carbocycles. The van der Waals surface area contributed by atoms with Crippen LogP contribution in [0.15, 0.2) is 60.3 Å². The Labute approximate surface area is 214 Å². The average molecular weight is 510 g/mol. The van der Waals surface area contributed by atoms with E-state index in [2.05, 4.69) is 22.1 Å². The van der Waals surface area contributed by atoms with Crippen LogP contribution in [0.5, 0.6) is 0 Å². The zero-order valence-corrected chi connectivity index (χ0v) is 21.4. The summed E-state index contributed by atoms with van der Waals surface area (Å²) in [6, 6.07) is 12.8. The number of likely N-dealkylation sites (tertiary alicyclic amines) is 1. The van der Waals surface area contributed by atoms with E-state index in [-0.39, 0.29) is 23.6 Å². The second kappa shape index (κ2) is 11.1. The molecule has 0 spiro atoms. The highest BCUT2D eigenvalue weighted by molar-refractivity contribution is 7.99. The van der Waals surface area contributed by atoms with Crippen molar-refractivity contribution in [3.63, 3.8) is 0 Å². The minimum atomic E-state index is -0.170. The fraction of sp³-hybridized carbons (Fsp3) is 0.308. The van der Waals surface area contributed by atoms with Gasteiger partial charge in [-0.05, 0) is 62.6 Å². The van der Waals surface area contributed by atoms with E-state index in [0.29, 0.717) is 28.8 Å². The molecule has 2 heterocycles. The number of rotatable bonds is 8. The first-order valence-corrected chi connectivity index (χ1v) is 12.8. The van der Waals surface area contributed by atoms with Crippen LogP contribution in [-0.4, -0.2) is 43.8 Å². The van der Waals surface area contributed by atoms with Gasteiger partial charge in [0.15, 0.2) is 11.0 Å². The quantitative estimate of drug-likeness (QED) is 0.323. The molecule has 1 saturated heterocycles. The second-order valence-electron chi connectivity index (χ2n) is 8.56. The number of nitrogens with zero attached hydrogens (tertiary/aromatic N) is 4. The molecule has 35 heavy (non-hydrogen) atoms. The molecule has 1 aliphatic rings. The molecule has 0 saturated carbocycles. The molecule has 4 rings (SSSR count). The van der Waals surface area contributed by atoms with E-state index >= 15 is 0 Å². The molecule has 1 aromatic heterocycles. The number of nitrogens with one attached hydrogen (secondary N) is 1. The Morgan fingerprint density at radius 1 is 1.20 bits per heavy atom. The van der Waals surface area contributed by atoms with Crippen LogP contribution in [0.2, 0.25) is 5.02 Å². The fourth-order valence-electron chi connectivity index (χ4n) is 4.18. The highest BCUT2D eigenvalue weighted by Gasteiger charge is 2.34. The molecule has 1 atom stereocenters. The summed E-state index contributed by atoms with van der Waals surface area (Å²) in [5, 5.41) is 13.0. The number of anilines is 1. The summed E-state index contributed by atoms with van der Waals surface area (Å²) < 4.78 is 1.95. The number of allylic oxidation sites excluding steroid dienone is 1. The van der Waals surface area contributed by atoms with Crippen molar-refractivity contribution < 1.29 is 9.59 Å². The van der Waals surface area contributed by atoms with Crippen LogP contribution in [-0.2, 0) is 11.3 Å². The second-order valence-corrected chi connectivity index (χ2v) is 9.94. The summed E-state index contributed by atoms with van der Waals surface area (Å²) in [4.78, 5) is 27.7. The van der Waals surface area contributed by atoms with Gasteiger partial charge in [-0.1, -0.05) is 47.1 Å². The summed E-state index contributed by atoms with van der Waals surface area (Å²) in [5.41, 5.74) is 3.40. The number of carbonyl (C=O) groups excluding carboxylic acids is 2. The van der Waals surface area contributed by atoms with Crippen LogP contribution in [0, 0.1) is 13.8 Å². The Balaban J connectivity index is 1.48.